The van der Waals surface area contributed by atoms with E-state index >= 15 is 0 Å². The number of ether oxygens (including phenoxy) is 2. The smallest absolute Gasteiger partial charge is 0.338 e. The average molecular weight is 334 g/mol. The fourth-order valence-electron chi connectivity index (χ4n) is 3.14. The zero-order chi connectivity index (χ0) is 18.1. The summed E-state index contributed by atoms with van der Waals surface area (Å²) in [4.78, 5) is 24.3. The normalized spacial score (nSPS) is 24.8. The van der Waals surface area contributed by atoms with E-state index in [-0.39, 0.29) is 12.0 Å². The van der Waals surface area contributed by atoms with Crippen LogP contribution >= 0.6 is 0 Å². The number of methoxy groups -OCH3 is 1. The van der Waals surface area contributed by atoms with Crippen LogP contribution < -0.4 is 11.1 Å². The zero-order valence-corrected chi connectivity index (χ0v) is 14.9. The second kappa shape index (κ2) is 6.53. The molecule has 0 aliphatic heterocycles. The molecule has 24 heavy (non-hydrogen) atoms. The number of esters is 1. The molecular weight excluding hydrogens is 308 g/mol. The van der Waals surface area contributed by atoms with Gasteiger partial charge < -0.3 is 20.5 Å². The first kappa shape index (κ1) is 18.4. The van der Waals surface area contributed by atoms with Gasteiger partial charge in [0.25, 0.3) is 0 Å². The van der Waals surface area contributed by atoms with E-state index in [1.165, 1.54) is 7.11 Å². The molecule has 132 valence electrons. The van der Waals surface area contributed by atoms with Crippen LogP contribution in [0, 0.1) is 12.3 Å². The van der Waals surface area contributed by atoms with Gasteiger partial charge in [0, 0.05) is 24.1 Å². The molecule has 2 rings (SSSR count). The van der Waals surface area contributed by atoms with Gasteiger partial charge in [0.2, 0.25) is 5.91 Å². The fraction of sp³-hybridized carbons (Fsp3) is 0.556. The maximum absolute atomic E-state index is 12.7. The Kier molecular flexibility index (Phi) is 5.01. The molecule has 1 aliphatic carbocycles. The van der Waals surface area contributed by atoms with Gasteiger partial charge in [0.05, 0.1) is 18.8 Å². The van der Waals surface area contributed by atoms with Crippen molar-refractivity contribution in [2.24, 2.45) is 11.1 Å². The Morgan fingerprint density at radius 1 is 1.38 bits per heavy atom. The van der Waals surface area contributed by atoms with Crippen molar-refractivity contribution in [2.75, 3.05) is 19.0 Å². The fourth-order valence-corrected chi connectivity index (χ4v) is 3.14. The summed E-state index contributed by atoms with van der Waals surface area (Å²) in [5.74, 6) is -0.644. The van der Waals surface area contributed by atoms with Gasteiger partial charge in [-0.2, -0.15) is 0 Å². The van der Waals surface area contributed by atoms with Crippen LogP contribution in [0.2, 0.25) is 0 Å². The molecule has 1 aromatic rings. The Morgan fingerprint density at radius 2 is 2.04 bits per heavy atom. The number of aryl methyl sites for hydroxylation is 1. The molecule has 0 bridgehead atoms. The van der Waals surface area contributed by atoms with Crippen molar-refractivity contribution in [3.8, 4) is 0 Å². The standard InChI is InChI=1S/C18H26N2O4/c1-6-24-14-10-18(19,17(14,3)4)16(22)20-12-7-8-13(11(2)9-12)15(21)23-5/h7-9,14H,6,10,19H2,1-5H3,(H,20,22). The van der Waals surface area contributed by atoms with Gasteiger partial charge in [-0.1, -0.05) is 13.8 Å². The second-order valence-electron chi connectivity index (χ2n) is 6.82. The topological polar surface area (TPSA) is 90.6 Å². The third-order valence-corrected chi connectivity index (χ3v) is 5.12. The van der Waals surface area contributed by atoms with Crippen molar-refractivity contribution in [1.29, 1.82) is 0 Å². The number of anilines is 1. The van der Waals surface area contributed by atoms with Crippen LogP contribution in [0.4, 0.5) is 5.69 Å². The third-order valence-electron chi connectivity index (χ3n) is 5.12. The molecule has 1 saturated carbocycles. The first-order valence-corrected chi connectivity index (χ1v) is 8.08. The summed E-state index contributed by atoms with van der Waals surface area (Å²) in [6.07, 6.45) is 0.459. The minimum atomic E-state index is -0.984. The summed E-state index contributed by atoms with van der Waals surface area (Å²) in [7, 11) is 1.34. The maximum Gasteiger partial charge on any atom is 0.338 e. The highest BCUT2D eigenvalue weighted by Crippen LogP contribution is 2.50. The molecule has 0 spiro atoms. The molecule has 1 fully saturated rings. The maximum atomic E-state index is 12.7. The van der Waals surface area contributed by atoms with Gasteiger partial charge in [-0.3, -0.25) is 4.79 Å². The van der Waals surface area contributed by atoms with Crippen LogP contribution in [0.5, 0.6) is 0 Å². The van der Waals surface area contributed by atoms with E-state index in [2.05, 4.69) is 5.32 Å². The lowest BCUT2D eigenvalue weighted by Crippen LogP contribution is -2.74. The van der Waals surface area contributed by atoms with E-state index in [0.29, 0.717) is 24.3 Å². The number of nitrogens with two attached hydrogens (primary N) is 1. The lowest BCUT2D eigenvalue weighted by molar-refractivity contribution is -0.166. The monoisotopic (exact) mass is 334 g/mol. The summed E-state index contributed by atoms with van der Waals surface area (Å²) in [6, 6.07) is 5.04. The number of hydrogen-bond acceptors (Lipinski definition) is 5. The lowest BCUT2D eigenvalue weighted by Gasteiger charge is -2.57. The Bertz CT molecular complexity index is 656. The number of nitrogens with one attached hydrogen (secondary N) is 1. The number of carbonyl (C=O) groups excluding carboxylic acids is 2. The largest absolute Gasteiger partial charge is 0.465 e. The number of carbonyl (C=O) groups is 2. The van der Waals surface area contributed by atoms with Gasteiger partial charge in [-0.05, 0) is 37.6 Å². The van der Waals surface area contributed by atoms with Crippen molar-refractivity contribution >= 4 is 17.6 Å². The van der Waals surface area contributed by atoms with Crippen molar-refractivity contribution in [1.82, 2.24) is 0 Å². The van der Waals surface area contributed by atoms with Gasteiger partial charge in [0.15, 0.2) is 0 Å². The summed E-state index contributed by atoms with van der Waals surface area (Å²) in [6.45, 7) is 8.21. The van der Waals surface area contributed by atoms with Gasteiger partial charge >= 0.3 is 5.97 Å². The second-order valence-corrected chi connectivity index (χ2v) is 6.82. The minimum absolute atomic E-state index is 0.0262. The van der Waals surface area contributed by atoms with Gasteiger partial charge in [-0.25, -0.2) is 4.79 Å². The molecule has 0 aromatic heterocycles. The molecule has 2 unspecified atom stereocenters. The lowest BCUT2D eigenvalue weighted by atomic mass is 9.54. The predicted octanol–water partition coefficient (Wildman–Crippen LogP) is 2.25. The number of hydrogen-bond donors (Lipinski definition) is 2. The van der Waals surface area contributed by atoms with Crippen LogP contribution in [0.15, 0.2) is 18.2 Å². The van der Waals surface area contributed by atoms with Crippen molar-refractivity contribution in [3.63, 3.8) is 0 Å². The Balaban J connectivity index is 2.13. The number of rotatable bonds is 5. The number of amides is 1. The van der Waals surface area contributed by atoms with E-state index in [9.17, 15) is 9.59 Å². The minimum Gasteiger partial charge on any atom is -0.465 e. The molecular formula is C18H26N2O4. The van der Waals surface area contributed by atoms with E-state index in [1.54, 1.807) is 25.1 Å². The van der Waals surface area contributed by atoms with Gasteiger partial charge in [-0.15, -0.1) is 0 Å². The van der Waals surface area contributed by atoms with E-state index in [0.717, 1.165) is 5.56 Å². The molecule has 2 atom stereocenters. The highest BCUT2D eigenvalue weighted by Gasteiger charge is 2.62. The first-order valence-electron chi connectivity index (χ1n) is 8.08. The first-order chi connectivity index (χ1) is 11.2. The van der Waals surface area contributed by atoms with Crippen molar-refractivity contribution < 1.29 is 19.1 Å². The zero-order valence-electron chi connectivity index (χ0n) is 14.9. The Labute approximate surface area is 142 Å². The summed E-state index contributed by atoms with van der Waals surface area (Å²) in [5.41, 5.74) is 6.73. The molecule has 6 nitrogen and oxygen atoms in total. The molecule has 1 aromatic carbocycles. The van der Waals surface area contributed by atoms with Crippen LogP contribution in [-0.4, -0.2) is 37.2 Å². The molecule has 0 saturated heterocycles. The van der Waals surface area contributed by atoms with E-state index in [1.807, 2.05) is 20.8 Å². The van der Waals surface area contributed by atoms with E-state index < -0.39 is 16.9 Å². The third kappa shape index (κ3) is 2.91. The molecule has 0 heterocycles. The van der Waals surface area contributed by atoms with Crippen LogP contribution in [0.1, 0.15) is 43.1 Å². The van der Waals surface area contributed by atoms with Gasteiger partial charge in [0.1, 0.15) is 5.54 Å². The van der Waals surface area contributed by atoms with E-state index in [4.69, 9.17) is 15.2 Å². The van der Waals surface area contributed by atoms with Crippen LogP contribution in [0.25, 0.3) is 0 Å². The molecule has 1 aliphatic rings. The summed E-state index contributed by atoms with van der Waals surface area (Å²) < 4.78 is 10.4. The summed E-state index contributed by atoms with van der Waals surface area (Å²) in [5, 5.41) is 2.86. The molecule has 0 radical (unpaired) electrons. The van der Waals surface area contributed by atoms with Crippen molar-refractivity contribution in [3.05, 3.63) is 29.3 Å². The highest BCUT2D eigenvalue weighted by molar-refractivity contribution is 6.00. The predicted molar refractivity (Wildman–Crippen MR) is 91.9 cm³/mol. The quantitative estimate of drug-likeness (QED) is 0.806. The van der Waals surface area contributed by atoms with Crippen molar-refractivity contribution in [2.45, 2.75) is 45.8 Å². The summed E-state index contributed by atoms with van der Waals surface area (Å²) >= 11 is 0. The molecule has 6 heteroatoms. The number of benzene rings is 1. The van der Waals surface area contributed by atoms with Crippen LogP contribution in [-0.2, 0) is 14.3 Å². The Morgan fingerprint density at radius 3 is 2.54 bits per heavy atom. The SMILES string of the molecule is CCOC1CC(N)(C(=O)Nc2ccc(C(=O)OC)c(C)c2)C1(C)C. The molecule has 3 N–H and O–H groups in total. The average Bonchev–Trinajstić information content (AvgIpc) is 2.53. The highest BCUT2D eigenvalue weighted by atomic mass is 16.5. The molecule has 1 amide bonds. The van der Waals surface area contributed by atoms with Crippen LogP contribution in [0.3, 0.4) is 0 Å². The Hall–Kier alpha value is -1.92.